The Morgan fingerprint density at radius 1 is 1.60 bits per heavy atom. The van der Waals surface area contributed by atoms with Gasteiger partial charge in [0.05, 0.1) is 0 Å². The molecule has 1 unspecified atom stereocenters. The van der Waals surface area contributed by atoms with E-state index >= 15 is 0 Å². The number of aromatic nitrogens is 1. The third-order valence-electron chi connectivity index (χ3n) is 3.97. The zero-order valence-electron chi connectivity index (χ0n) is 12.5. The first-order valence-corrected chi connectivity index (χ1v) is 8.14. The predicted octanol–water partition coefficient (Wildman–Crippen LogP) is 2.95. The van der Waals surface area contributed by atoms with E-state index in [9.17, 15) is 4.79 Å². The Morgan fingerprint density at radius 2 is 2.30 bits per heavy atom. The van der Waals surface area contributed by atoms with E-state index in [0.717, 1.165) is 18.0 Å². The van der Waals surface area contributed by atoms with Gasteiger partial charge in [0.2, 0.25) is 0 Å². The molecule has 1 aliphatic carbocycles. The first kappa shape index (κ1) is 15.1. The van der Waals surface area contributed by atoms with Gasteiger partial charge in [0.1, 0.15) is 10.7 Å². The van der Waals surface area contributed by atoms with Crippen molar-refractivity contribution in [1.29, 1.82) is 0 Å². The highest BCUT2D eigenvalue weighted by atomic mass is 32.1. The second-order valence-electron chi connectivity index (χ2n) is 5.56. The Morgan fingerprint density at radius 3 is 2.85 bits per heavy atom. The van der Waals surface area contributed by atoms with Crippen LogP contribution in [0.3, 0.4) is 0 Å². The molecule has 0 aromatic carbocycles. The number of carbonyl (C=O) groups is 1. The van der Waals surface area contributed by atoms with E-state index in [2.05, 4.69) is 24.1 Å². The predicted molar refractivity (Wildman–Crippen MR) is 84.3 cm³/mol. The number of nitrogens with zero attached hydrogens (tertiary/aromatic N) is 2. The van der Waals surface area contributed by atoms with E-state index < -0.39 is 0 Å². The van der Waals surface area contributed by atoms with E-state index in [4.69, 9.17) is 5.73 Å². The fourth-order valence-corrected chi connectivity index (χ4v) is 3.19. The van der Waals surface area contributed by atoms with Crippen LogP contribution in [0.25, 0.3) is 0 Å². The number of nitrogens with one attached hydrogen (secondary N) is 1. The Kier molecular flexibility index (Phi) is 4.86. The lowest BCUT2D eigenvalue weighted by Crippen LogP contribution is -2.34. The molecule has 1 aliphatic rings. The Hall–Kier alpha value is -1.30. The van der Waals surface area contributed by atoms with Gasteiger partial charge in [-0.2, -0.15) is 0 Å². The molecule has 0 bridgehead atoms. The van der Waals surface area contributed by atoms with Crippen LogP contribution >= 0.6 is 11.3 Å². The van der Waals surface area contributed by atoms with Gasteiger partial charge in [-0.25, -0.2) is 4.98 Å². The summed E-state index contributed by atoms with van der Waals surface area (Å²) in [5.74, 6) is 0.319. The van der Waals surface area contributed by atoms with E-state index in [0.29, 0.717) is 16.7 Å². The van der Waals surface area contributed by atoms with E-state index in [1.54, 1.807) is 4.90 Å². The summed E-state index contributed by atoms with van der Waals surface area (Å²) in [6.07, 6.45) is 5.67. The third kappa shape index (κ3) is 3.23. The molecule has 20 heavy (non-hydrogen) atoms. The van der Waals surface area contributed by atoms with Crippen molar-refractivity contribution in [1.82, 2.24) is 9.88 Å². The number of anilines is 2. The molecule has 0 radical (unpaired) electrons. The molecule has 0 spiro atoms. The van der Waals surface area contributed by atoms with E-state index in [1.807, 2.05) is 7.05 Å². The third-order valence-corrected chi connectivity index (χ3v) is 4.96. The summed E-state index contributed by atoms with van der Waals surface area (Å²) in [7, 11) is 1.83. The van der Waals surface area contributed by atoms with Crippen molar-refractivity contribution in [3.05, 3.63) is 4.88 Å². The van der Waals surface area contributed by atoms with E-state index in [1.165, 1.54) is 30.6 Å². The molecular weight excluding hydrogens is 272 g/mol. The van der Waals surface area contributed by atoms with Gasteiger partial charge in [0.15, 0.2) is 5.13 Å². The average Bonchev–Trinajstić information content (AvgIpc) is 2.73. The van der Waals surface area contributed by atoms with Crippen LogP contribution in [0.1, 0.15) is 55.6 Å². The lowest BCUT2D eigenvalue weighted by atomic mass is 9.93. The SMILES string of the molecule is CCCC(C)N(C)C(=O)c1sc(NC2CCC2)nc1N. The zero-order valence-corrected chi connectivity index (χ0v) is 13.3. The molecule has 1 saturated carbocycles. The van der Waals surface area contributed by atoms with Crippen molar-refractivity contribution in [3.63, 3.8) is 0 Å². The smallest absolute Gasteiger partial charge is 0.267 e. The standard InChI is InChI=1S/C14H24N4OS/c1-4-6-9(2)18(3)13(19)11-12(15)17-14(20-11)16-10-7-5-8-10/h9-10H,4-8,15H2,1-3H3,(H,16,17). The molecule has 1 atom stereocenters. The molecule has 5 nitrogen and oxygen atoms in total. The summed E-state index contributed by atoms with van der Waals surface area (Å²) in [5.41, 5.74) is 5.90. The summed E-state index contributed by atoms with van der Waals surface area (Å²) in [5, 5.41) is 4.11. The van der Waals surface area contributed by atoms with Gasteiger partial charge in [-0.1, -0.05) is 24.7 Å². The number of carbonyl (C=O) groups excluding carboxylic acids is 1. The van der Waals surface area contributed by atoms with Crippen LogP contribution in [-0.4, -0.2) is 34.9 Å². The van der Waals surface area contributed by atoms with Crippen molar-refractivity contribution in [2.45, 2.75) is 58.0 Å². The first-order valence-electron chi connectivity index (χ1n) is 7.33. The summed E-state index contributed by atoms with van der Waals surface area (Å²) >= 11 is 1.37. The number of amides is 1. The van der Waals surface area contributed by atoms with Gasteiger partial charge in [-0.3, -0.25) is 4.79 Å². The minimum Gasteiger partial charge on any atom is -0.382 e. The summed E-state index contributed by atoms with van der Waals surface area (Å²) < 4.78 is 0. The van der Waals surface area contributed by atoms with Crippen LogP contribution in [0.4, 0.5) is 10.9 Å². The Bertz CT molecular complexity index is 470. The van der Waals surface area contributed by atoms with Gasteiger partial charge < -0.3 is 16.0 Å². The maximum atomic E-state index is 12.5. The molecule has 0 saturated heterocycles. The van der Waals surface area contributed by atoms with Crippen molar-refractivity contribution in [3.8, 4) is 0 Å². The van der Waals surface area contributed by atoms with Gasteiger partial charge in [-0.15, -0.1) is 0 Å². The van der Waals surface area contributed by atoms with Gasteiger partial charge in [-0.05, 0) is 32.6 Å². The topological polar surface area (TPSA) is 71.2 Å². The molecule has 1 amide bonds. The van der Waals surface area contributed by atoms with Crippen LogP contribution in [0, 0.1) is 0 Å². The van der Waals surface area contributed by atoms with Crippen LogP contribution in [0.2, 0.25) is 0 Å². The normalized spacial score (nSPS) is 16.6. The summed E-state index contributed by atoms with van der Waals surface area (Å²) in [6.45, 7) is 4.18. The number of rotatable bonds is 6. The number of nitrogen functional groups attached to an aromatic ring is 1. The number of nitrogens with two attached hydrogens (primary N) is 1. The van der Waals surface area contributed by atoms with Crippen LogP contribution in [0.15, 0.2) is 0 Å². The molecule has 1 fully saturated rings. The van der Waals surface area contributed by atoms with Gasteiger partial charge in [0, 0.05) is 19.1 Å². The quantitative estimate of drug-likeness (QED) is 0.846. The number of hydrogen-bond donors (Lipinski definition) is 2. The van der Waals surface area contributed by atoms with Crippen molar-refractivity contribution < 1.29 is 4.79 Å². The zero-order chi connectivity index (χ0) is 14.7. The monoisotopic (exact) mass is 296 g/mol. The van der Waals surface area contributed by atoms with Gasteiger partial charge in [0.25, 0.3) is 5.91 Å². The second-order valence-corrected chi connectivity index (χ2v) is 6.56. The van der Waals surface area contributed by atoms with E-state index in [-0.39, 0.29) is 11.9 Å². The van der Waals surface area contributed by atoms with Crippen LogP contribution in [-0.2, 0) is 0 Å². The highest BCUT2D eigenvalue weighted by molar-refractivity contribution is 7.18. The fraction of sp³-hybridized carbons (Fsp3) is 0.714. The molecule has 1 aromatic rings. The maximum absolute atomic E-state index is 12.5. The lowest BCUT2D eigenvalue weighted by Gasteiger charge is -2.26. The Labute approximate surface area is 124 Å². The van der Waals surface area contributed by atoms with Crippen LogP contribution in [0.5, 0.6) is 0 Å². The largest absolute Gasteiger partial charge is 0.382 e. The highest BCUT2D eigenvalue weighted by Gasteiger charge is 2.24. The Balaban J connectivity index is 2.05. The van der Waals surface area contributed by atoms with Crippen LogP contribution < -0.4 is 11.1 Å². The molecule has 1 heterocycles. The molecular formula is C14H24N4OS. The highest BCUT2D eigenvalue weighted by Crippen LogP contribution is 2.30. The molecule has 0 aliphatic heterocycles. The molecule has 112 valence electrons. The molecule has 2 rings (SSSR count). The fourth-order valence-electron chi connectivity index (χ4n) is 2.25. The summed E-state index contributed by atoms with van der Waals surface area (Å²) in [6, 6.07) is 0.720. The maximum Gasteiger partial charge on any atom is 0.267 e. The average molecular weight is 296 g/mol. The summed E-state index contributed by atoms with van der Waals surface area (Å²) in [4.78, 5) is 19.0. The van der Waals surface area contributed by atoms with Crippen molar-refractivity contribution in [2.24, 2.45) is 0 Å². The minimum absolute atomic E-state index is 0.0254. The minimum atomic E-state index is -0.0254. The van der Waals surface area contributed by atoms with Gasteiger partial charge >= 0.3 is 0 Å². The molecule has 6 heteroatoms. The number of hydrogen-bond acceptors (Lipinski definition) is 5. The molecule has 1 aromatic heterocycles. The number of thiazole rings is 1. The lowest BCUT2D eigenvalue weighted by molar-refractivity contribution is 0.0742. The molecule has 3 N–H and O–H groups in total. The second kappa shape index (κ2) is 6.43. The van der Waals surface area contributed by atoms with Crippen molar-refractivity contribution in [2.75, 3.05) is 18.1 Å². The van der Waals surface area contributed by atoms with Crippen molar-refractivity contribution >= 4 is 28.2 Å². The first-order chi connectivity index (χ1) is 9.52.